The lowest BCUT2D eigenvalue weighted by atomic mass is 10.4. The second-order valence-electron chi connectivity index (χ2n) is 2.74. The second-order valence-corrected chi connectivity index (χ2v) is 3.65. The average Bonchev–Trinajstić information content (AvgIpc) is 2.73. The highest BCUT2D eigenvalue weighted by Gasteiger charge is 2.13. The van der Waals surface area contributed by atoms with Crippen LogP contribution in [0.3, 0.4) is 0 Å². The predicted octanol–water partition coefficient (Wildman–Crippen LogP) is 1.13. The van der Waals surface area contributed by atoms with Gasteiger partial charge in [-0.1, -0.05) is 0 Å². The summed E-state index contributed by atoms with van der Waals surface area (Å²) in [6, 6.07) is 1.88. The molecule has 0 spiro atoms. The van der Waals surface area contributed by atoms with Crippen molar-refractivity contribution in [1.29, 1.82) is 0 Å². The van der Waals surface area contributed by atoms with Crippen LogP contribution in [0.15, 0.2) is 11.4 Å². The average molecular weight is 210 g/mol. The van der Waals surface area contributed by atoms with Crippen LogP contribution in [-0.2, 0) is 7.05 Å². The molecule has 0 radical (unpaired) electrons. The fourth-order valence-corrected chi connectivity index (χ4v) is 1.90. The number of thiophene rings is 1. The van der Waals surface area contributed by atoms with Crippen molar-refractivity contribution in [2.75, 3.05) is 12.8 Å². The maximum atomic E-state index is 5.59. The van der Waals surface area contributed by atoms with Gasteiger partial charge in [0.25, 0.3) is 0 Å². The molecule has 0 bridgehead atoms. The summed E-state index contributed by atoms with van der Waals surface area (Å²) in [5.74, 6) is 1.79. The van der Waals surface area contributed by atoms with Crippen LogP contribution in [0.1, 0.15) is 0 Å². The number of nitrogen functional groups attached to an aromatic ring is 1. The molecule has 0 saturated heterocycles. The summed E-state index contributed by atoms with van der Waals surface area (Å²) in [5.41, 5.74) is 5.59. The van der Waals surface area contributed by atoms with Gasteiger partial charge in [-0.25, -0.2) is 4.68 Å². The van der Waals surface area contributed by atoms with Crippen LogP contribution in [0.4, 0.5) is 5.95 Å². The van der Waals surface area contributed by atoms with E-state index in [1.54, 1.807) is 14.2 Å². The Bertz CT molecular complexity index is 428. The van der Waals surface area contributed by atoms with Crippen LogP contribution in [0, 0.1) is 0 Å². The van der Waals surface area contributed by atoms with Crippen LogP contribution in [0.5, 0.6) is 5.75 Å². The number of hydrogen-bond acceptors (Lipinski definition) is 5. The number of hydrogen-bond donors (Lipinski definition) is 1. The third-order valence-electron chi connectivity index (χ3n) is 1.85. The molecule has 2 aromatic heterocycles. The normalized spacial score (nSPS) is 10.4. The molecule has 0 unspecified atom stereocenters. The van der Waals surface area contributed by atoms with Crippen molar-refractivity contribution in [3.8, 4) is 16.5 Å². The van der Waals surface area contributed by atoms with Gasteiger partial charge in [0.05, 0.1) is 7.11 Å². The van der Waals surface area contributed by atoms with Crippen LogP contribution >= 0.6 is 11.3 Å². The van der Waals surface area contributed by atoms with Gasteiger partial charge in [0.2, 0.25) is 5.95 Å². The lowest BCUT2D eigenvalue weighted by molar-refractivity contribution is 0.418. The van der Waals surface area contributed by atoms with Crippen molar-refractivity contribution in [3.63, 3.8) is 0 Å². The van der Waals surface area contributed by atoms with E-state index in [2.05, 4.69) is 10.1 Å². The number of nitrogens with two attached hydrogens (primary N) is 1. The van der Waals surface area contributed by atoms with Crippen LogP contribution in [-0.4, -0.2) is 21.9 Å². The first-order valence-corrected chi connectivity index (χ1v) is 4.88. The number of nitrogens with zero attached hydrogens (tertiary/aromatic N) is 3. The minimum Gasteiger partial charge on any atom is -0.495 e. The Hall–Kier alpha value is -1.56. The molecule has 0 aliphatic heterocycles. The molecule has 5 nitrogen and oxygen atoms in total. The maximum absolute atomic E-state index is 5.59. The van der Waals surface area contributed by atoms with Gasteiger partial charge in [-0.2, -0.15) is 4.98 Å². The van der Waals surface area contributed by atoms with E-state index in [9.17, 15) is 0 Å². The van der Waals surface area contributed by atoms with Crippen molar-refractivity contribution in [3.05, 3.63) is 11.4 Å². The molecule has 2 N–H and O–H groups in total. The van der Waals surface area contributed by atoms with Gasteiger partial charge >= 0.3 is 0 Å². The van der Waals surface area contributed by atoms with Crippen LogP contribution in [0.25, 0.3) is 10.7 Å². The minimum absolute atomic E-state index is 0.399. The molecule has 0 amide bonds. The summed E-state index contributed by atoms with van der Waals surface area (Å²) in [7, 11) is 3.38. The molecule has 0 fully saturated rings. The van der Waals surface area contributed by atoms with Gasteiger partial charge in [-0.05, 0) is 11.4 Å². The number of rotatable bonds is 2. The summed E-state index contributed by atoms with van der Waals surface area (Å²) < 4.78 is 6.71. The zero-order valence-electron chi connectivity index (χ0n) is 7.89. The number of methoxy groups -OCH3 is 1. The molecule has 2 heterocycles. The third-order valence-corrected chi connectivity index (χ3v) is 2.74. The summed E-state index contributed by atoms with van der Waals surface area (Å²) in [6.45, 7) is 0. The van der Waals surface area contributed by atoms with Crippen LogP contribution < -0.4 is 10.5 Å². The summed E-state index contributed by atoms with van der Waals surface area (Å²) >= 11 is 1.53. The zero-order valence-corrected chi connectivity index (χ0v) is 8.71. The van der Waals surface area contributed by atoms with Crippen molar-refractivity contribution in [1.82, 2.24) is 14.8 Å². The molecule has 74 valence electrons. The Balaban J connectivity index is 2.49. The Labute approximate surface area is 85.1 Å². The smallest absolute Gasteiger partial charge is 0.218 e. The monoisotopic (exact) mass is 210 g/mol. The van der Waals surface area contributed by atoms with Crippen molar-refractivity contribution < 1.29 is 4.74 Å². The van der Waals surface area contributed by atoms with E-state index in [0.29, 0.717) is 11.8 Å². The van der Waals surface area contributed by atoms with E-state index < -0.39 is 0 Å². The summed E-state index contributed by atoms with van der Waals surface area (Å²) in [4.78, 5) is 5.02. The summed E-state index contributed by atoms with van der Waals surface area (Å²) in [6.07, 6.45) is 0. The Morgan fingerprint density at radius 3 is 2.93 bits per heavy atom. The van der Waals surface area contributed by atoms with E-state index in [4.69, 9.17) is 10.5 Å². The Morgan fingerprint density at radius 2 is 2.36 bits per heavy atom. The van der Waals surface area contributed by atoms with Crippen molar-refractivity contribution in [2.45, 2.75) is 0 Å². The Morgan fingerprint density at radius 1 is 1.57 bits per heavy atom. The fourth-order valence-electron chi connectivity index (χ4n) is 1.11. The van der Waals surface area contributed by atoms with Crippen LogP contribution in [0.2, 0.25) is 0 Å². The lowest BCUT2D eigenvalue weighted by Gasteiger charge is -1.96. The first kappa shape index (κ1) is 9.01. The molecule has 0 saturated carbocycles. The highest BCUT2D eigenvalue weighted by molar-refractivity contribution is 7.13. The molecule has 0 aromatic carbocycles. The fraction of sp³-hybridized carbons (Fsp3) is 0.250. The van der Waals surface area contributed by atoms with Gasteiger partial charge < -0.3 is 10.5 Å². The number of anilines is 1. The first-order valence-electron chi connectivity index (χ1n) is 4.00. The zero-order chi connectivity index (χ0) is 10.1. The van der Waals surface area contributed by atoms with E-state index in [-0.39, 0.29) is 0 Å². The molecule has 14 heavy (non-hydrogen) atoms. The SMILES string of the molecule is COc1ccsc1-c1nc(N)n(C)n1. The largest absolute Gasteiger partial charge is 0.495 e. The third kappa shape index (κ3) is 1.33. The number of aryl methyl sites for hydroxylation is 1. The molecule has 2 rings (SSSR count). The standard InChI is InChI=1S/C8H10N4OS/c1-12-8(9)10-7(11-12)6-5(13-2)3-4-14-6/h3-4H,1-2H3,(H2,9,10,11). The van der Waals surface area contributed by atoms with Crippen molar-refractivity contribution in [2.24, 2.45) is 7.05 Å². The second kappa shape index (κ2) is 3.30. The van der Waals surface area contributed by atoms with Gasteiger partial charge in [0.15, 0.2) is 5.82 Å². The molecule has 6 heteroatoms. The highest BCUT2D eigenvalue weighted by atomic mass is 32.1. The first-order chi connectivity index (χ1) is 6.72. The van der Waals surface area contributed by atoms with Gasteiger partial charge in [0, 0.05) is 7.05 Å². The quantitative estimate of drug-likeness (QED) is 0.807. The van der Waals surface area contributed by atoms with E-state index in [1.165, 1.54) is 16.0 Å². The Kier molecular flexibility index (Phi) is 2.12. The van der Waals surface area contributed by atoms with Gasteiger partial charge in [-0.15, -0.1) is 16.4 Å². The van der Waals surface area contributed by atoms with Gasteiger partial charge in [0.1, 0.15) is 10.6 Å². The molecular weight excluding hydrogens is 200 g/mol. The summed E-state index contributed by atoms with van der Waals surface area (Å²) in [5, 5.41) is 6.10. The molecule has 0 aliphatic carbocycles. The minimum atomic E-state index is 0.399. The molecule has 2 aromatic rings. The topological polar surface area (TPSA) is 66.0 Å². The number of ether oxygens (including phenoxy) is 1. The predicted molar refractivity (Wildman–Crippen MR) is 55.3 cm³/mol. The van der Waals surface area contributed by atoms with Crippen molar-refractivity contribution >= 4 is 17.3 Å². The van der Waals surface area contributed by atoms with Gasteiger partial charge in [-0.3, -0.25) is 0 Å². The highest BCUT2D eigenvalue weighted by Crippen LogP contribution is 2.33. The van der Waals surface area contributed by atoms with E-state index in [1.807, 2.05) is 11.4 Å². The van der Waals surface area contributed by atoms with E-state index in [0.717, 1.165) is 10.6 Å². The van der Waals surface area contributed by atoms with E-state index >= 15 is 0 Å². The molecule has 0 atom stereocenters. The molecular formula is C8H10N4OS. The number of aromatic nitrogens is 3. The lowest BCUT2D eigenvalue weighted by Crippen LogP contribution is -1.97. The maximum Gasteiger partial charge on any atom is 0.218 e. The molecule has 0 aliphatic rings.